The first-order valence-electron chi connectivity index (χ1n) is 10.8. The number of rotatable bonds is 4. The first-order valence-corrected chi connectivity index (χ1v) is 10.8. The molecule has 0 aliphatic rings. The standard InChI is InChI=1S/C26H18FN5O4/c1-15-13-22(33)24(31-32(15)21-10-5-3-8-18(21)27)26(35)30-29-25(34)17-14-20(23-11-6-12-36-23)28-19-9-4-2-7-16(17)19/h2-14H,1H3,(H,29,34)(H,30,35). The second-order valence-corrected chi connectivity index (χ2v) is 7.82. The number of nitrogens with zero attached hydrogens (tertiary/aromatic N) is 3. The number of para-hydroxylation sites is 2. The van der Waals surface area contributed by atoms with Crippen LogP contribution >= 0.6 is 0 Å². The van der Waals surface area contributed by atoms with Gasteiger partial charge in [-0.05, 0) is 43.3 Å². The Hall–Kier alpha value is -5.12. The molecule has 0 spiro atoms. The maximum Gasteiger partial charge on any atom is 0.294 e. The van der Waals surface area contributed by atoms with Crippen LogP contribution in [0, 0.1) is 12.7 Å². The van der Waals surface area contributed by atoms with Crippen LogP contribution in [-0.4, -0.2) is 26.6 Å². The van der Waals surface area contributed by atoms with Crippen LogP contribution < -0.4 is 16.3 Å². The topological polar surface area (TPSA) is 119 Å². The quantitative estimate of drug-likeness (QED) is 0.377. The normalized spacial score (nSPS) is 10.8. The third-order valence-electron chi connectivity index (χ3n) is 5.43. The zero-order chi connectivity index (χ0) is 25.2. The molecule has 0 fully saturated rings. The number of aryl methyl sites for hydroxylation is 1. The van der Waals surface area contributed by atoms with E-state index in [0.29, 0.717) is 28.1 Å². The number of fused-ring (bicyclic) bond motifs is 1. The molecule has 2 N–H and O–H groups in total. The van der Waals surface area contributed by atoms with Crippen molar-refractivity contribution in [3.63, 3.8) is 0 Å². The van der Waals surface area contributed by atoms with Gasteiger partial charge >= 0.3 is 0 Å². The molecule has 3 aromatic heterocycles. The minimum Gasteiger partial charge on any atom is -0.463 e. The number of hydrazine groups is 1. The molecule has 0 unspecified atom stereocenters. The maximum absolute atomic E-state index is 14.3. The number of hydrogen-bond donors (Lipinski definition) is 2. The van der Waals surface area contributed by atoms with Gasteiger partial charge in [0.2, 0.25) is 5.43 Å². The van der Waals surface area contributed by atoms with Gasteiger partial charge in [0.25, 0.3) is 11.8 Å². The minimum absolute atomic E-state index is 0.0711. The number of nitrogens with one attached hydrogen (secondary N) is 2. The van der Waals surface area contributed by atoms with Gasteiger partial charge in [-0.2, -0.15) is 5.10 Å². The van der Waals surface area contributed by atoms with Crippen LogP contribution in [0.15, 0.2) is 88.3 Å². The summed E-state index contributed by atoms with van der Waals surface area (Å²) in [6.45, 7) is 1.56. The molecule has 36 heavy (non-hydrogen) atoms. The number of aromatic nitrogens is 3. The molecule has 0 aliphatic heterocycles. The molecule has 0 radical (unpaired) electrons. The van der Waals surface area contributed by atoms with E-state index in [4.69, 9.17) is 4.42 Å². The Morgan fingerprint density at radius 2 is 1.69 bits per heavy atom. The van der Waals surface area contributed by atoms with Crippen molar-refractivity contribution in [2.45, 2.75) is 6.92 Å². The molecule has 178 valence electrons. The summed E-state index contributed by atoms with van der Waals surface area (Å²) in [4.78, 5) is 42.8. The van der Waals surface area contributed by atoms with Crippen molar-refractivity contribution < 1.29 is 18.4 Å². The van der Waals surface area contributed by atoms with E-state index in [1.54, 1.807) is 49.4 Å². The maximum atomic E-state index is 14.3. The molecule has 3 heterocycles. The predicted molar refractivity (Wildman–Crippen MR) is 129 cm³/mol. The van der Waals surface area contributed by atoms with Crippen molar-refractivity contribution >= 4 is 22.7 Å². The predicted octanol–water partition coefficient (Wildman–Crippen LogP) is 3.56. The van der Waals surface area contributed by atoms with Crippen molar-refractivity contribution in [2.75, 3.05) is 0 Å². The highest BCUT2D eigenvalue weighted by atomic mass is 19.1. The summed E-state index contributed by atoms with van der Waals surface area (Å²) in [5, 5.41) is 4.58. The molecular formula is C26H18FN5O4. The average Bonchev–Trinajstić information content (AvgIpc) is 3.42. The minimum atomic E-state index is -0.956. The van der Waals surface area contributed by atoms with Crippen LogP contribution in [0.25, 0.3) is 28.0 Å². The Morgan fingerprint density at radius 3 is 2.47 bits per heavy atom. The number of benzene rings is 2. The smallest absolute Gasteiger partial charge is 0.294 e. The number of carbonyl (C=O) groups excluding carboxylic acids is 2. The van der Waals surface area contributed by atoms with Crippen LogP contribution in [0.3, 0.4) is 0 Å². The molecule has 9 nitrogen and oxygen atoms in total. The second-order valence-electron chi connectivity index (χ2n) is 7.82. The van der Waals surface area contributed by atoms with Crippen molar-refractivity contribution in [1.29, 1.82) is 0 Å². The summed E-state index contributed by atoms with van der Waals surface area (Å²) >= 11 is 0. The SMILES string of the molecule is Cc1cc(=O)c(C(=O)NNC(=O)c2cc(-c3ccco3)nc3ccccc23)nn1-c1ccccc1F. The van der Waals surface area contributed by atoms with Gasteiger partial charge in [0.15, 0.2) is 11.5 Å². The van der Waals surface area contributed by atoms with E-state index in [2.05, 4.69) is 20.9 Å². The lowest BCUT2D eigenvalue weighted by molar-refractivity contribution is 0.0843. The molecule has 0 saturated heterocycles. The number of carbonyl (C=O) groups is 2. The molecule has 0 aliphatic carbocycles. The Balaban J connectivity index is 1.43. The Kier molecular flexibility index (Phi) is 5.83. The largest absolute Gasteiger partial charge is 0.463 e. The lowest BCUT2D eigenvalue weighted by Crippen LogP contribution is -2.44. The van der Waals surface area contributed by atoms with Gasteiger partial charge in [-0.25, -0.2) is 14.1 Å². The van der Waals surface area contributed by atoms with Gasteiger partial charge < -0.3 is 4.42 Å². The molecule has 10 heteroatoms. The average molecular weight is 483 g/mol. The first kappa shape index (κ1) is 22.7. The van der Waals surface area contributed by atoms with Crippen LogP contribution in [0.5, 0.6) is 0 Å². The fraction of sp³-hybridized carbons (Fsp3) is 0.0385. The van der Waals surface area contributed by atoms with Gasteiger partial charge in [0.1, 0.15) is 17.2 Å². The molecule has 5 aromatic rings. The number of furan rings is 1. The fourth-order valence-corrected chi connectivity index (χ4v) is 3.73. The highest BCUT2D eigenvalue weighted by molar-refractivity contribution is 6.08. The lowest BCUT2D eigenvalue weighted by Gasteiger charge is -2.13. The van der Waals surface area contributed by atoms with E-state index < -0.39 is 28.8 Å². The van der Waals surface area contributed by atoms with E-state index in [1.807, 2.05) is 0 Å². The summed E-state index contributed by atoms with van der Waals surface area (Å²) in [6.07, 6.45) is 1.49. The Morgan fingerprint density at radius 1 is 0.944 bits per heavy atom. The van der Waals surface area contributed by atoms with Gasteiger partial charge in [0.05, 0.1) is 17.3 Å². The number of hydrogen-bond acceptors (Lipinski definition) is 6. The van der Waals surface area contributed by atoms with Gasteiger partial charge in [-0.3, -0.25) is 25.2 Å². The summed E-state index contributed by atoms with van der Waals surface area (Å²) < 4.78 is 20.8. The zero-order valence-corrected chi connectivity index (χ0v) is 18.9. The van der Waals surface area contributed by atoms with Crippen LogP contribution in [0.2, 0.25) is 0 Å². The second kappa shape index (κ2) is 9.26. The molecule has 5 rings (SSSR count). The van der Waals surface area contributed by atoms with E-state index >= 15 is 0 Å². The van der Waals surface area contributed by atoms with Gasteiger partial charge in [-0.15, -0.1) is 0 Å². The third kappa shape index (κ3) is 4.23. The Labute approximate surface area is 203 Å². The first-order chi connectivity index (χ1) is 17.4. The summed E-state index contributed by atoms with van der Waals surface area (Å²) in [6, 6.07) is 19.0. The highest BCUT2D eigenvalue weighted by Crippen LogP contribution is 2.25. The monoisotopic (exact) mass is 483 g/mol. The van der Waals surface area contributed by atoms with Crippen molar-refractivity contribution in [1.82, 2.24) is 25.6 Å². The summed E-state index contributed by atoms with van der Waals surface area (Å²) in [7, 11) is 0. The molecule has 2 amide bonds. The van der Waals surface area contributed by atoms with Gasteiger partial charge in [0, 0.05) is 17.1 Å². The van der Waals surface area contributed by atoms with Crippen molar-refractivity contribution in [3.8, 4) is 17.1 Å². The summed E-state index contributed by atoms with van der Waals surface area (Å²) in [5.41, 5.74) is 4.96. The van der Waals surface area contributed by atoms with E-state index in [1.165, 1.54) is 36.6 Å². The molecular weight excluding hydrogens is 465 g/mol. The lowest BCUT2D eigenvalue weighted by atomic mass is 10.1. The fourth-order valence-electron chi connectivity index (χ4n) is 3.73. The number of pyridine rings is 1. The molecule has 0 bridgehead atoms. The van der Waals surface area contributed by atoms with Crippen LogP contribution in [0.4, 0.5) is 4.39 Å². The van der Waals surface area contributed by atoms with E-state index in [9.17, 15) is 18.8 Å². The molecule has 2 aromatic carbocycles. The van der Waals surface area contributed by atoms with Crippen LogP contribution in [-0.2, 0) is 0 Å². The van der Waals surface area contributed by atoms with Crippen molar-refractivity contribution in [3.05, 3.63) is 112 Å². The third-order valence-corrected chi connectivity index (χ3v) is 5.43. The molecule has 0 saturated carbocycles. The van der Waals surface area contributed by atoms with E-state index in [0.717, 1.165) is 4.68 Å². The number of amides is 2. The van der Waals surface area contributed by atoms with Crippen LogP contribution in [0.1, 0.15) is 26.5 Å². The Bertz CT molecular complexity index is 1680. The zero-order valence-electron chi connectivity index (χ0n) is 18.9. The number of halogens is 1. The highest BCUT2D eigenvalue weighted by Gasteiger charge is 2.19. The summed E-state index contributed by atoms with van der Waals surface area (Å²) in [5.74, 6) is -1.70. The van der Waals surface area contributed by atoms with Gasteiger partial charge in [-0.1, -0.05) is 30.3 Å². The van der Waals surface area contributed by atoms with Crippen molar-refractivity contribution in [2.24, 2.45) is 0 Å². The molecule has 0 atom stereocenters. The van der Waals surface area contributed by atoms with E-state index in [-0.39, 0.29) is 11.3 Å².